The minimum Gasteiger partial charge on any atom is -0.427 e. The number of benzene rings is 1. The van der Waals surface area contributed by atoms with Crippen LogP contribution in [0.15, 0.2) is 24.3 Å². The normalized spacial score (nSPS) is 10.8. The van der Waals surface area contributed by atoms with Gasteiger partial charge in [-0.15, -0.1) is 19.3 Å². The lowest BCUT2D eigenvalue weighted by molar-refractivity contribution is -0.384. The number of rotatable bonds is 38. The van der Waals surface area contributed by atoms with E-state index < -0.39 is 16.3 Å². The van der Waals surface area contributed by atoms with Crippen molar-refractivity contribution in [1.29, 1.82) is 0 Å². The molecule has 0 atom stereocenters. The predicted octanol–water partition coefficient (Wildman–Crippen LogP) is 2.30. The van der Waals surface area contributed by atoms with E-state index in [1.165, 1.54) is 24.3 Å². The third-order valence-electron chi connectivity index (χ3n) is 8.71. The molecule has 0 saturated heterocycles. The van der Waals surface area contributed by atoms with Crippen molar-refractivity contribution < 1.29 is 62.1 Å². The van der Waals surface area contributed by atoms with Crippen molar-refractivity contribution in [3.63, 3.8) is 0 Å². The van der Waals surface area contributed by atoms with Crippen LogP contribution in [0.5, 0.6) is 5.75 Å². The van der Waals surface area contributed by atoms with E-state index in [0.29, 0.717) is 39.6 Å². The Morgan fingerprint density at radius 1 is 0.574 bits per heavy atom. The average molecular weight is 857 g/mol. The number of hydrogen-bond acceptors (Lipinski definition) is 14. The number of Topliss-reactive ketones (excluding diaryl/α,β-unsaturated/α-hetero) is 1. The molecular formula is C43H60N4O14. The average Bonchev–Trinajstić information content (AvgIpc) is 3.24. The van der Waals surface area contributed by atoms with Gasteiger partial charge in [0.25, 0.3) is 5.69 Å². The number of carbonyl (C=O) groups is 5. The van der Waals surface area contributed by atoms with E-state index >= 15 is 0 Å². The van der Waals surface area contributed by atoms with E-state index in [-0.39, 0.29) is 158 Å². The van der Waals surface area contributed by atoms with Crippen molar-refractivity contribution in [2.45, 2.75) is 64.2 Å². The predicted molar refractivity (Wildman–Crippen MR) is 223 cm³/mol. The number of carbonyl (C=O) groups excluding carboxylic acids is 5. The van der Waals surface area contributed by atoms with Crippen LogP contribution < -0.4 is 20.7 Å². The number of nitrogens with one attached hydrogen (secondary N) is 3. The van der Waals surface area contributed by atoms with Crippen molar-refractivity contribution >= 4 is 35.2 Å². The molecule has 0 fully saturated rings. The summed E-state index contributed by atoms with van der Waals surface area (Å²) in [7, 11) is 0. The zero-order valence-corrected chi connectivity index (χ0v) is 34.9. The van der Waals surface area contributed by atoms with E-state index in [0.717, 1.165) is 0 Å². The Hall–Kier alpha value is -5.39. The molecule has 0 aliphatic carbocycles. The summed E-state index contributed by atoms with van der Waals surface area (Å²) >= 11 is 0. The highest BCUT2D eigenvalue weighted by atomic mass is 16.6. The van der Waals surface area contributed by atoms with Crippen LogP contribution in [0.3, 0.4) is 0 Å². The van der Waals surface area contributed by atoms with E-state index in [2.05, 4.69) is 33.7 Å². The fourth-order valence-electron chi connectivity index (χ4n) is 5.64. The number of esters is 1. The molecule has 61 heavy (non-hydrogen) atoms. The number of non-ortho nitro benzene ring substituents is 1. The van der Waals surface area contributed by atoms with Gasteiger partial charge in [0.1, 0.15) is 31.4 Å². The topological polar surface area (TPSA) is 229 Å². The van der Waals surface area contributed by atoms with Gasteiger partial charge in [-0.1, -0.05) is 17.8 Å². The van der Waals surface area contributed by atoms with Crippen molar-refractivity contribution in [3.8, 4) is 42.8 Å². The van der Waals surface area contributed by atoms with Gasteiger partial charge in [0.15, 0.2) is 0 Å². The maximum absolute atomic E-state index is 13.6. The van der Waals surface area contributed by atoms with Crippen LogP contribution in [-0.4, -0.2) is 133 Å². The molecule has 0 bridgehead atoms. The SMILES string of the molecule is C#CCOCCOCCNC(=O)CCC(CCC(=O)NCCOCCOCC#C)(CCC(=O)NCCOCCOCC#C)CC(=O)CCCC(=O)Oc1ccc([N+](=O)[O-])cc1. The third kappa shape index (κ3) is 29.5. The quantitative estimate of drug-likeness (QED) is 0.0217. The first-order valence-electron chi connectivity index (χ1n) is 20.1. The molecule has 0 heterocycles. The Bertz CT molecular complexity index is 1470. The highest BCUT2D eigenvalue weighted by molar-refractivity contribution is 5.81. The van der Waals surface area contributed by atoms with Gasteiger partial charge in [-0.2, -0.15) is 0 Å². The molecule has 0 saturated carbocycles. The fourth-order valence-corrected chi connectivity index (χ4v) is 5.64. The minimum absolute atomic E-state index is 0.00542. The van der Waals surface area contributed by atoms with Gasteiger partial charge in [0, 0.05) is 70.3 Å². The summed E-state index contributed by atoms with van der Waals surface area (Å²) in [6.07, 6.45) is 15.9. The summed E-state index contributed by atoms with van der Waals surface area (Å²) in [5, 5.41) is 19.3. The molecule has 0 spiro atoms. The Labute approximate surface area is 358 Å². The molecule has 0 aliphatic heterocycles. The number of ether oxygens (including phenoxy) is 7. The number of terminal acetylenes is 3. The van der Waals surface area contributed by atoms with Crippen LogP contribution >= 0.6 is 0 Å². The molecular weight excluding hydrogens is 796 g/mol. The highest BCUT2D eigenvalue weighted by Crippen LogP contribution is 2.39. The molecule has 336 valence electrons. The molecule has 18 nitrogen and oxygen atoms in total. The van der Waals surface area contributed by atoms with Crippen molar-refractivity contribution in [3.05, 3.63) is 34.4 Å². The van der Waals surface area contributed by atoms with Gasteiger partial charge in [-0.25, -0.2) is 0 Å². The molecule has 3 N–H and O–H groups in total. The Morgan fingerprint density at radius 3 is 1.34 bits per heavy atom. The van der Waals surface area contributed by atoms with Crippen LogP contribution in [0.1, 0.15) is 64.2 Å². The van der Waals surface area contributed by atoms with Crippen LogP contribution in [0.2, 0.25) is 0 Å². The van der Waals surface area contributed by atoms with E-state index in [9.17, 15) is 34.1 Å². The third-order valence-corrected chi connectivity index (χ3v) is 8.71. The van der Waals surface area contributed by atoms with Gasteiger partial charge in [0.05, 0.1) is 64.4 Å². The summed E-state index contributed by atoms with van der Waals surface area (Å²) in [4.78, 5) is 75.6. The Morgan fingerprint density at radius 2 is 0.967 bits per heavy atom. The van der Waals surface area contributed by atoms with Gasteiger partial charge < -0.3 is 49.1 Å². The first kappa shape index (κ1) is 53.6. The van der Waals surface area contributed by atoms with Crippen LogP contribution in [0.25, 0.3) is 0 Å². The highest BCUT2D eigenvalue weighted by Gasteiger charge is 2.34. The molecule has 1 rings (SSSR count). The lowest BCUT2D eigenvalue weighted by atomic mass is 9.71. The number of amides is 3. The fraction of sp³-hybridized carbons (Fsp3) is 0.605. The van der Waals surface area contributed by atoms with Crippen LogP contribution in [0, 0.1) is 52.6 Å². The number of nitro benzene ring substituents is 1. The number of nitro groups is 1. The van der Waals surface area contributed by atoms with Crippen LogP contribution in [-0.2, 0) is 52.4 Å². The Kier molecular flexibility index (Phi) is 31.1. The van der Waals surface area contributed by atoms with E-state index in [4.69, 9.17) is 52.4 Å². The van der Waals surface area contributed by atoms with Crippen LogP contribution in [0.4, 0.5) is 5.69 Å². The Balaban J connectivity index is 3.00. The molecule has 3 amide bonds. The van der Waals surface area contributed by atoms with Crippen molar-refractivity contribution in [2.24, 2.45) is 5.41 Å². The second-order valence-electron chi connectivity index (χ2n) is 13.5. The second-order valence-corrected chi connectivity index (χ2v) is 13.5. The summed E-state index contributed by atoms with van der Waals surface area (Å²) in [5.41, 5.74) is -1.11. The monoisotopic (exact) mass is 856 g/mol. The first-order chi connectivity index (χ1) is 29.5. The smallest absolute Gasteiger partial charge is 0.311 e. The standard InChI is InChI=1S/C43H60N4O14/c1-4-23-55-29-32-58-26-20-44-39(49)14-17-43(18-15-40(50)45-21-27-59-33-30-56-24-5-2,19-16-41(51)46-22-28-60-34-31-57-25-6-3)35-37(48)8-7-9-42(52)61-38-12-10-36(11-13-38)47(53)54/h1-3,10-13H,7-9,14-35H2,(H,44,49)(H,45,50)(H,46,51). The lowest BCUT2D eigenvalue weighted by Gasteiger charge is -2.33. The number of nitrogens with zero attached hydrogens (tertiary/aromatic N) is 1. The summed E-state index contributed by atoms with van der Waals surface area (Å²) in [6.45, 7) is 3.64. The molecule has 18 heteroatoms. The van der Waals surface area contributed by atoms with Gasteiger partial charge in [0.2, 0.25) is 17.7 Å². The molecule has 0 radical (unpaired) electrons. The van der Waals surface area contributed by atoms with Crippen molar-refractivity contribution in [1.82, 2.24) is 16.0 Å². The maximum Gasteiger partial charge on any atom is 0.311 e. The van der Waals surface area contributed by atoms with Gasteiger partial charge >= 0.3 is 5.97 Å². The molecule has 1 aromatic rings. The zero-order chi connectivity index (χ0) is 44.8. The number of ketones is 1. The molecule has 1 aromatic carbocycles. The largest absolute Gasteiger partial charge is 0.427 e. The number of hydrogen-bond donors (Lipinski definition) is 3. The minimum atomic E-state index is -0.955. The van der Waals surface area contributed by atoms with Gasteiger partial charge in [-0.3, -0.25) is 34.1 Å². The van der Waals surface area contributed by atoms with Gasteiger partial charge in [-0.05, 0) is 43.2 Å². The van der Waals surface area contributed by atoms with E-state index in [1.54, 1.807) is 0 Å². The van der Waals surface area contributed by atoms with E-state index in [1.807, 2.05) is 0 Å². The lowest BCUT2D eigenvalue weighted by Crippen LogP contribution is -2.35. The second kappa shape index (κ2) is 35.4. The molecule has 0 unspecified atom stereocenters. The zero-order valence-electron chi connectivity index (χ0n) is 34.9. The summed E-state index contributed by atoms with van der Waals surface area (Å²) < 4.78 is 37.1. The first-order valence-corrected chi connectivity index (χ1v) is 20.1. The maximum atomic E-state index is 13.6. The molecule has 0 aromatic heterocycles. The summed E-state index contributed by atoms with van der Waals surface area (Å²) in [5.74, 6) is 5.42. The summed E-state index contributed by atoms with van der Waals surface area (Å²) in [6, 6.07) is 5.03. The molecule has 0 aliphatic rings. The van der Waals surface area contributed by atoms with Crippen molar-refractivity contribution in [2.75, 3.05) is 98.9 Å².